The van der Waals surface area contributed by atoms with E-state index >= 15 is 0 Å². The summed E-state index contributed by atoms with van der Waals surface area (Å²) in [5.74, 6) is 0.874. The molecule has 0 spiro atoms. The Morgan fingerprint density at radius 1 is 1.14 bits per heavy atom. The molecule has 21 heavy (non-hydrogen) atoms. The minimum absolute atomic E-state index is 0.252. The number of hydrogen-bond acceptors (Lipinski definition) is 6. The van der Waals surface area contributed by atoms with E-state index < -0.39 is 9.84 Å². The van der Waals surface area contributed by atoms with Gasteiger partial charge in [-0.3, -0.25) is 4.98 Å². The van der Waals surface area contributed by atoms with Crippen molar-refractivity contribution in [3.63, 3.8) is 0 Å². The van der Waals surface area contributed by atoms with E-state index in [2.05, 4.69) is 15.3 Å². The normalized spacial score (nSPS) is 11.3. The third-order valence-electron chi connectivity index (χ3n) is 2.71. The summed E-state index contributed by atoms with van der Waals surface area (Å²) >= 11 is 0. The van der Waals surface area contributed by atoms with Crippen molar-refractivity contribution in [3.8, 4) is 11.6 Å². The first kappa shape index (κ1) is 15.4. The summed E-state index contributed by atoms with van der Waals surface area (Å²) in [4.78, 5) is 8.63. The van der Waals surface area contributed by atoms with Crippen molar-refractivity contribution in [2.75, 3.05) is 12.8 Å². The quantitative estimate of drug-likeness (QED) is 0.876. The molecule has 0 unspecified atom stereocenters. The monoisotopic (exact) mass is 307 g/mol. The molecule has 2 aromatic rings. The fourth-order valence-corrected chi connectivity index (χ4v) is 2.25. The molecule has 0 aliphatic carbocycles. The van der Waals surface area contributed by atoms with Crippen LogP contribution in [0.2, 0.25) is 0 Å². The molecule has 1 aromatic carbocycles. The molecule has 0 radical (unpaired) electrons. The zero-order valence-corrected chi connectivity index (χ0v) is 12.7. The molecule has 7 heteroatoms. The molecular weight excluding hydrogens is 290 g/mol. The highest BCUT2D eigenvalue weighted by atomic mass is 32.2. The molecular formula is C14H17N3O3S. The van der Waals surface area contributed by atoms with Crippen molar-refractivity contribution >= 4 is 9.84 Å². The van der Waals surface area contributed by atoms with E-state index in [1.165, 1.54) is 18.3 Å². The summed E-state index contributed by atoms with van der Waals surface area (Å²) in [5, 5.41) is 3.15. The van der Waals surface area contributed by atoms with Crippen molar-refractivity contribution < 1.29 is 13.2 Å². The Labute approximate surface area is 124 Å². The predicted octanol–water partition coefficient (Wildman–Crippen LogP) is 1.78. The van der Waals surface area contributed by atoms with Crippen LogP contribution >= 0.6 is 0 Å². The number of sulfone groups is 1. The SMILES string of the molecule is CCNCc1cnc(Oc2ccc(S(C)(=O)=O)cc2)cn1. The highest BCUT2D eigenvalue weighted by Crippen LogP contribution is 2.20. The summed E-state index contributed by atoms with van der Waals surface area (Å²) in [6, 6.07) is 6.17. The second-order valence-corrected chi connectivity index (χ2v) is 6.49. The minimum atomic E-state index is -3.20. The lowest BCUT2D eigenvalue weighted by Crippen LogP contribution is -2.13. The van der Waals surface area contributed by atoms with Crippen molar-refractivity contribution in [2.45, 2.75) is 18.4 Å². The third-order valence-corrected chi connectivity index (χ3v) is 3.84. The molecule has 0 atom stereocenters. The van der Waals surface area contributed by atoms with Gasteiger partial charge in [-0.05, 0) is 30.8 Å². The van der Waals surface area contributed by atoms with Crippen LogP contribution in [0.15, 0.2) is 41.6 Å². The molecule has 0 saturated heterocycles. The smallest absolute Gasteiger partial charge is 0.237 e. The van der Waals surface area contributed by atoms with Crippen LogP contribution in [0.25, 0.3) is 0 Å². The first-order valence-corrected chi connectivity index (χ1v) is 8.38. The topological polar surface area (TPSA) is 81.2 Å². The number of ether oxygens (including phenoxy) is 1. The van der Waals surface area contributed by atoms with Gasteiger partial charge in [0.25, 0.3) is 0 Å². The maximum absolute atomic E-state index is 11.4. The van der Waals surface area contributed by atoms with Gasteiger partial charge < -0.3 is 10.1 Å². The first-order chi connectivity index (χ1) is 9.99. The van der Waals surface area contributed by atoms with E-state index in [4.69, 9.17) is 4.74 Å². The molecule has 0 fully saturated rings. The van der Waals surface area contributed by atoms with E-state index in [1.54, 1.807) is 18.3 Å². The molecule has 0 aliphatic rings. The third kappa shape index (κ3) is 4.51. The number of nitrogens with zero attached hydrogens (tertiary/aromatic N) is 2. The Hall–Kier alpha value is -1.99. The summed E-state index contributed by atoms with van der Waals surface area (Å²) in [5.41, 5.74) is 0.830. The molecule has 1 aromatic heterocycles. The maximum atomic E-state index is 11.4. The molecule has 112 valence electrons. The predicted molar refractivity (Wildman–Crippen MR) is 79.0 cm³/mol. The molecule has 6 nitrogen and oxygen atoms in total. The highest BCUT2D eigenvalue weighted by molar-refractivity contribution is 7.90. The number of rotatable bonds is 6. The van der Waals surface area contributed by atoms with Crippen LogP contribution in [-0.2, 0) is 16.4 Å². The molecule has 1 heterocycles. The van der Waals surface area contributed by atoms with Crippen molar-refractivity contribution in [1.82, 2.24) is 15.3 Å². The van der Waals surface area contributed by atoms with Gasteiger partial charge >= 0.3 is 0 Å². The van der Waals surface area contributed by atoms with Crippen molar-refractivity contribution in [1.29, 1.82) is 0 Å². The lowest BCUT2D eigenvalue weighted by atomic mass is 10.3. The summed E-state index contributed by atoms with van der Waals surface area (Å²) in [7, 11) is -3.20. The second kappa shape index (κ2) is 6.64. The van der Waals surface area contributed by atoms with Crippen LogP contribution in [0.5, 0.6) is 11.6 Å². The van der Waals surface area contributed by atoms with Gasteiger partial charge in [-0.1, -0.05) is 6.92 Å². The van der Waals surface area contributed by atoms with Crippen LogP contribution in [-0.4, -0.2) is 31.2 Å². The fourth-order valence-electron chi connectivity index (χ4n) is 1.62. The Kier molecular flexibility index (Phi) is 4.87. The first-order valence-electron chi connectivity index (χ1n) is 6.48. The standard InChI is InChI=1S/C14H17N3O3S/c1-3-15-8-11-9-17-14(10-16-11)20-12-4-6-13(7-5-12)21(2,18)19/h4-7,9-10,15H,3,8H2,1-2H3. The average Bonchev–Trinajstić information content (AvgIpc) is 2.46. The lowest BCUT2D eigenvalue weighted by Gasteiger charge is -2.06. The van der Waals surface area contributed by atoms with E-state index in [-0.39, 0.29) is 4.90 Å². The summed E-state index contributed by atoms with van der Waals surface area (Å²) in [6.45, 7) is 3.55. The zero-order chi connectivity index (χ0) is 15.3. The molecule has 1 N–H and O–H groups in total. The molecule has 0 amide bonds. The van der Waals surface area contributed by atoms with E-state index in [0.717, 1.165) is 18.5 Å². The van der Waals surface area contributed by atoms with Gasteiger partial charge in [-0.2, -0.15) is 0 Å². The minimum Gasteiger partial charge on any atom is -0.438 e. The van der Waals surface area contributed by atoms with Crippen molar-refractivity contribution in [3.05, 3.63) is 42.4 Å². The largest absolute Gasteiger partial charge is 0.438 e. The Morgan fingerprint density at radius 2 is 1.86 bits per heavy atom. The second-order valence-electron chi connectivity index (χ2n) is 4.47. The Bertz CT molecular complexity index is 682. The van der Waals surface area contributed by atoms with Gasteiger partial charge in [0.15, 0.2) is 9.84 Å². The van der Waals surface area contributed by atoms with Crippen LogP contribution in [0.1, 0.15) is 12.6 Å². The Balaban J connectivity index is 2.04. The van der Waals surface area contributed by atoms with Gasteiger partial charge in [-0.15, -0.1) is 0 Å². The van der Waals surface area contributed by atoms with Gasteiger partial charge in [0, 0.05) is 12.8 Å². The van der Waals surface area contributed by atoms with Gasteiger partial charge in [0.2, 0.25) is 5.88 Å². The van der Waals surface area contributed by atoms with Crippen LogP contribution in [0.4, 0.5) is 0 Å². The lowest BCUT2D eigenvalue weighted by molar-refractivity contribution is 0.458. The van der Waals surface area contributed by atoms with Crippen LogP contribution < -0.4 is 10.1 Å². The summed E-state index contributed by atoms with van der Waals surface area (Å²) in [6.07, 6.45) is 4.34. The van der Waals surface area contributed by atoms with E-state index in [0.29, 0.717) is 18.2 Å². The summed E-state index contributed by atoms with van der Waals surface area (Å²) < 4.78 is 28.2. The van der Waals surface area contributed by atoms with Gasteiger partial charge in [0.1, 0.15) is 5.75 Å². The van der Waals surface area contributed by atoms with E-state index in [1.807, 2.05) is 6.92 Å². The number of aromatic nitrogens is 2. The maximum Gasteiger partial charge on any atom is 0.237 e. The molecule has 0 saturated carbocycles. The molecule has 2 rings (SSSR count). The molecule has 0 aliphatic heterocycles. The van der Waals surface area contributed by atoms with E-state index in [9.17, 15) is 8.42 Å². The van der Waals surface area contributed by atoms with Crippen LogP contribution in [0, 0.1) is 0 Å². The van der Waals surface area contributed by atoms with Crippen molar-refractivity contribution in [2.24, 2.45) is 0 Å². The number of nitrogens with one attached hydrogen (secondary N) is 1. The zero-order valence-electron chi connectivity index (χ0n) is 11.9. The fraction of sp³-hybridized carbons (Fsp3) is 0.286. The number of hydrogen-bond donors (Lipinski definition) is 1. The number of benzene rings is 1. The van der Waals surface area contributed by atoms with Gasteiger partial charge in [-0.25, -0.2) is 13.4 Å². The Morgan fingerprint density at radius 3 is 2.38 bits per heavy atom. The van der Waals surface area contributed by atoms with Gasteiger partial charge in [0.05, 0.1) is 23.0 Å². The molecule has 0 bridgehead atoms. The average molecular weight is 307 g/mol. The highest BCUT2D eigenvalue weighted by Gasteiger charge is 2.07. The van der Waals surface area contributed by atoms with Crippen LogP contribution in [0.3, 0.4) is 0 Å².